The second kappa shape index (κ2) is 8.78. The van der Waals surface area contributed by atoms with E-state index in [0.717, 1.165) is 33.2 Å². The summed E-state index contributed by atoms with van der Waals surface area (Å²) in [5.41, 5.74) is 11.1. The smallest absolute Gasteiger partial charge is 0.0991 e. The van der Waals surface area contributed by atoms with Crippen LogP contribution < -0.4 is 0 Å². The maximum Gasteiger partial charge on any atom is 0.0991 e. The SMILES string of the molecule is N#Cc1ccc2c(c1)c1cc(-n3c4ccccc4c4ccccc43)cc3c4cc(-n5c6ccccc6c6ccccc65)ccc4n2c13. The van der Waals surface area contributed by atoms with Crippen LogP contribution in [0.2, 0.25) is 0 Å². The average Bonchev–Trinajstić information content (AvgIpc) is 3.85. The Morgan fingerprint density at radius 3 is 1.30 bits per heavy atom. The Kier molecular flexibility index (Phi) is 4.62. The predicted octanol–water partition coefficient (Wildman–Crippen LogP) is 10.9. The molecule has 47 heavy (non-hydrogen) atoms. The van der Waals surface area contributed by atoms with Gasteiger partial charge in [-0.3, -0.25) is 0 Å². The number of nitrogens with zero attached hydrogens (tertiary/aromatic N) is 4. The molecule has 0 aliphatic carbocycles. The largest absolute Gasteiger partial charge is 0.309 e. The third-order valence-electron chi connectivity index (χ3n) is 10.2. The minimum absolute atomic E-state index is 0.669. The molecule has 0 aliphatic rings. The van der Waals surface area contributed by atoms with Gasteiger partial charge in [-0.25, -0.2) is 0 Å². The summed E-state index contributed by atoms with van der Waals surface area (Å²) in [5, 5.41) is 19.5. The first-order chi connectivity index (χ1) is 23.3. The molecule has 4 aromatic heterocycles. The van der Waals surface area contributed by atoms with Crippen molar-refractivity contribution in [3.8, 4) is 17.4 Å². The second-order valence-corrected chi connectivity index (χ2v) is 12.5. The highest BCUT2D eigenvalue weighted by atomic mass is 15.0. The molecule has 11 aromatic rings. The summed E-state index contributed by atoms with van der Waals surface area (Å²) in [6.07, 6.45) is 0. The quantitative estimate of drug-likeness (QED) is 0.196. The van der Waals surface area contributed by atoms with E-state index in [1.54, 1.807) is 0 Å². The number of rotatable bonds is 2. The number of benzene rings is 7. The van der Waals surface area contributed by atoms with Crippen molar-refractivity contribution in [1.29, 1.82) is 5.26 Å². The van der Waals surface area contributed by atoms with Gasteiger partial charge in [0.1, 0.15) is 0 Å². The maximum absolute atomic E-state index is 9.85. The minimum Gasteiger partial charge on any atom is -0.309 e. The fourth-order valence-corrected chi connectivity index (χ4v) is 8.26. The highest BCUT2D eigenvalue weighted by molar-refractivity contribution is 6.25. The van der Waals surface area contributed by atoms with Crippen molar-refractivity contribution in [3.63, 3.8) is 0 Å². The normalized spacial score (nSPS) is 12.2. The summed E-state index contributed by atoms with van der Waals surface area (Å²) in [7, 11) is 0. The van der Waals surface area contributed by atoms with E-state index in [2.05, 4.69) is 153 Å². The highest BCUT2D eigenvalue weighted by Crippen LogP contribution is 2.43. The van der Waals surface area contributed by atoms with Crippen LogP contribution in [-0.4, -0.2) is 13.5 Å². The van der Waals surface area contributed by atoms with E-state index in [9.17, 15) is 5.26 Å². The van der Waals surface area contributed by atoms with Gasteiger partial charge in [-0.1, -0.05) is 72.8 Å². The molecular formula is C43H24N4. The minimum atomic E-state index is 0.669. The zero-order valence-electron chi connectivity index (χ0n) is 25.1. The second-order valence-electron chi connectivity index (χ2n) is 12.5. The number of para-hydroxylation sites is 4. The van der Waals surface area contributed by atoms with Crippen LogP contribution in [0.4, 0.5) is 0 Å². The lowest BCUT2D eigenvalue weighted by Crippen LogP contribution is -1.94. The molecule has 0 bridgehead atoms. The van der Waals surface area contributed by atoms with E-state index in [0.29, 0.717) is 5.56 Å². The first kappa shape index (κ1) is 24.7. The van der Waals surface area contributed by atoms with Crippen LogP contribution in [0.5, 0.6) is 0 Å². The summed E-state index contributed by atoms with van der Waals surface area (Å²) in [4.78, 5) is 0. The zero-order chi connectivity index (χ0) is 30.8. The Labute approximate surface area is 268 Å². The molecule has 0 unspecified atom stereocenters. The van der Waals surface area contributed by atoms with Gasteiger partial charge in [0.25, 0.3) is 0 Å². The first-order valence-corrected chi connectivity index (χ1v) is 15.9. The van der Waals surface area contributed by atoms with Crippen molar-refractivity contribution in [3.05, 3.63) is 151 Å². The monoisotopic (exact) mass is 596 g/mol. The molecule has 0 saturated heterocycles. The lowest BCUT2D eigenvalue weighted by molar-refractivity contribution is 1.18. The Bertz CT molecular complexity index is 3040. The van der Waals surface area contributed by atoms with Gasteiger partial charge in [0.05, 0.1) is 50.2 Å². The number of hydrogen-bond donors (Lipinski definition) is 0. The molecule has 0 N–H and O–H groups in total. The van der Waals surface area contributed by atoms with Crippen molar-refractivity contribution in [2.75, 3.05) is 0 Å². The fraction of sp³-hybridized carbons (Fsp3) is 0. The van der Waals surface area contributed by atoms with Gasteiger partial charge in [-0.2, -0.15) is 5.26 Å². The summed E-state index contributed by atoms with van der Waals surface area (Å²) in [6.45, 7) is 0. The predicted molar refractivity (Wildman–Crippen MR) is 194 cm³/mol. The van der Waals surface area contributed by atoms with Gasteiger partial charge >= 0.3 is 0 Å². The molecule has 0 radical (unpaired) electrons. The molecule has 216 valence electrons. The van der Waals surface area contributed by atoms with Crippen LogP contribution in [0.3, 0.4) is 0 Å². The molecule has 4 heteroatoms. The lowest BCUT2D eigenvalue weighted by atomic mass is 10.0. The molecule has 11 rings (SSSR count). The van der Waals surface area contributed by atoms with Crippen molar-refractivity contribution in [2.45, 2.75) is 0 Å². The van der Waals surface area contributed by atoms with E-state index in [4.69, 9.17) is 0 Å². The molecule has 7 aromatic carbocycles. The van der Waals surface area contributed by atoms with E-state index >= 15 is 0 Å². The van der Waals surface area contributed by atoms with Crippen molar-refractivity contribution >= 4 is 81.7 Å². The number of hydrogen-bond acceptors (Lipinski definition) is 1. The van der Waals surface area contributed by atoms with Crippen LogP contribution >= 0.6 is 0 Å². The summed E-state index contributed by atoms with van der Waals surface area (Å²) in [6, 6.07) is 54.7. The third kappa shape index (κ3) is 3.10. The summed E-state index contributed by atoms with van der Waals surface area (Å²) < 4.78 is 7.18. The Morgan fingerprint density at radius 2 is 0.787 bits per heavy atom. The van der Waals surface area contributed by atoms with Crippen LogP contribution in [0.1, 0.15) is 5.56 Å². The van der Waals surface area contributed by atoms with Gasteiger partial charge in [0, 0.05) is 54.5 Å². The standard InChI is InChI=1S/C43H24N4/c44-25-26-17-19-41-33(21-26)35-23-28(46-39-15-7-3-11-31(39)32-12-4-8-16-40(32)46)24-36-34-22-27(18-20-42(34)47(41)43(35)36)45-37-13-5-1-9-29(37)30-10-2-6-14-38(30)45/h1-24H. The molecule has 4 heterocycles. The van der Waals surface area contributed by atoms with Crippen LogP contribution in [0.15, 0.2) is 146 Å². The average molecular weight is 597 g/mol. The Hall–Kier alpha value is -6.57. The molecule has 0 saturated carbocycles. The third-order valence-corrected chi connectivity index (χ3v) is 10.2. The zero-order valence-corrected chi connectivity index (χ0v) is 25.1. The molecule has 0 amide bonds. The molecule has 0 atom stereocenters. The topological polar surface area (TPSA) is 38.1 Å². The van der Waals surface area contributed by atoms with E-state index < -0.39 is 0 Å². The van der Waals surface area contributed by atoms with Gasteiger partial charge in [-0.05, 0) is 72.8 Å². The van der Waals surface area contributed by atoms with Crippen molar-refractivity contribution in [2.24, 2.45) is 0 Å². The fourth-order valence-electron chi connectivity index (χ4n) is 8.26. The molecule has 4 nitrogen and oxygen atoms in total. The number of fused-ring (bicyclic) bond motifs is 12. The first-order valence-electron chi connectivity index (χ1n) is 15.9. The summed E-state index contributed by atoms with van der Waals surface area (Å²) >= 11 is 0. The molecule has 0 fully saturated rings. The van der Waals surface area contributed by atoms with Crippen molar-refractivity contribution < 1.29 is 0 Å². The Morgan fingerprint density at radius 1 is 0.362 bits per heavy atom. The van der Waals surface area contributed by atoms with Gasteiger partial charge < -0.3 is 13.5 Å². The number of nitriles is 1. The van der Waals surface area contributed by atoms with Crippen LogP contribution in [0, 0.1) is 11.3 Å². The Balaban J connectivity index is 1.30. The van der Waals surface area contributed by atoms with Gasteiger partial charge in [0.2, 0.25) is 0 Å². The van der Waals surface area contributed by atoms with E-state index in [1.165, 1.54) is 59.9 Å². The van der Waals surface area contributed by atoms with Crippen LogP contribution in [-0.2, 0) is 0 Å². The molecule has 0 spiro atoms. The maximum atomic E-state index is 9.85. The molecular weight excluding hydrogens is 573 g/mol. The number of aromatic nitrogens is 3. The molecule has 0 aliphatic heterocycles. The van der Waals surface area contributed by atoms with Gasteiger partial charge in [-0.15, -0.1) is 0 Å². The summed E-state index contributed by atoms with van der Waals surface area (Å²) in [5.74, 6) is 0. The lowest BCUT2D eigenvalue weighted by Gasteiger charge is -2.10. The van der Waals surface area contributed by atoms with Crippen molar-refractivity contribution in [1.82, 2.24) is 13.5 Å². The van der Waals surface area contributed by atoms with E-state index in [1.807, 2.05) is 12.1 Å². The van der Waals surface area contributed by atoms with Gasteiger partial charge in [0.15, 0.2) is 0 Å². The van der Waals surface area contributed by atoms with Crippen LogP contribution in [0.25, 0.3) is 93.1 Å². The highest BCUT2D eigenvalue weighted by Gasteiger charge is 2.22. The van der Waals surface area contributed by atoms with E-state index in [-0.39, 0.29) is 0 Å².